The van der Waals surface area contributed by atoms with E-state index in [2.05, 4.69) is 36.2 Å². The first-order valence-electron chi connectivity index (χ1n) is 7.68. The normalized spacial score (nSPS) is 14.8. The lowest BCUT2D eigenvalue weighted by atomic mass is 10.00. The van der Waals surface area contributed by atoms with Crippen LogP contribution in [0.4, 0.5) is 5.82 Å². The van der Waals surface area contributed by atoms with Gasteiger partial charge in [0, 0.05) is 31.2 Å². The van der Waals surface area contributed by atoms with Crippen molar-refractivity contribution in [1.29, 1.82) is 0 Å². The average molecular weight is 329 g/mol. The minimum absolute atomic E-state index is 0.684. The van der Waals surface area contributed by atoms with Crippen LogP contribution in [0.15, 0.2) is 30.9 Å². The first-order chi connectivity index (χ1) is 11.3. The Hall–Kier alpha value is -2.18. The van der Waals surface area contributed by atoms with Gasteiger partial charge in [0.15, 0.2) is 11.5 Å². The number of hydrogen-bond acceptors (Lipinski definition) is 5. The summed E-state index contributed by atoms with van der Waals surface area (Å²) in [5.74, 6) is 0.799. The van der Waals surface area contributed by atoms with Crippen molar-refractivity contribution in [1.82, 2.24) is 24.8 Å². The number of aromatic amines is 1. The van der Waals surface area contributed by atoms with E-state index in [0.29, 0.717) is 5.65 Å². The number of imidazole rings is 1. The van der Waals surface area contributed by atoms with Crippen LogP contribution in [0, 0.1) is 0 Å². The van der Waals surface area contributed by atoms with E-state index in [1.165, 1.54) is 17.5 Å². The number of rotatable bonds is 4. The summed E-state index contributed by atoms with van der Waals surface area (Å²) in [6, 6.07) is 6.17. The summed E-state index contributed by atoms with van der Waals surface area (Å²) in [5, 5.41) is 4.26. The van der Waals surface area contributed by atoms with Gasteiger partial charge in [0.1, 0.15) is 11.8 Å². The summed E-state index contributed by atoms with van der Waals surface area (Å²) in [6.45, 7) is 3.75. The Bertz CT molecular complexity index is 830. The lowest BCUT2D eigenvalue weighted by Crippen LogP contribution is -2.34. The first kappa shape index (κ1) is 14.4. The van der Waals surface area contributed by atoms with E-state index in [1.54, 1.807) is 6.33 Å². The van der Waals surface area contributed by atoms with E-state index in [1.807, 2.05) is 12.1 Å². The first-order valence-corrected chi connectivity index (χ1v) is 8.05. The lowest BCUT2D eigenvalue weighted by Gasteiger charge is -2.29. The molecular formula is C16H17ClN6. The van der Waals surface area contributed by atoms with Gasteiger partial charge >= 0.3 is 0 Å². The van der Waals surface area contributed by atoms with Crippen LogP contribution in [0.1, 0.15) is 11.1 Å². The molecule has 2 aromatic heterocycles. The summed E-state index contributed by atoms with van der Waals surface area (Å²) in [7, 11) is 0. The van der Waals surface area contributed by atoms with Crippen LogP contribution in [-0.2, 0) is 13.0 Å². The number of anilines is 1. The molecule has 0 atom stereocenters. The maximum absolute atomic E-state index is 6.26. The molecule has 118 valence electrons. The number of nitrogens with zero attached hydrogens (tertiary/aromatic N) is 4. The molecule has 1 aliphatic rings. The lowest BCUT2D eigenvalue weighted by molar-refractivity contribution is 0.264. The standard InChI is InChI=1S/C16H17ClN6/c17-13-3-1-2-11-8-23(6-4-12(11)13)7-5-18-15-14-16(20-9-19-14)22-10-21-15/h1-3,9-10H,4-8H2,(H2,18,19,20,21,22). The van der Waals surface area contributed by atoms with Crippen LogP contribution in [0.2, 0.25) is 5.02 Å². The Morgan fingerprint density at radius 1 is 1.26 bits per heavy atom. The fourth-order valence-electron chi connectivity index (χ4n) is 3.04. The number of fused-ring (bicyclic) bond motifs is 2. The molecule has 2 N–H and O–H groups in total. The van der Waals surface area contributed by atoms with Crippen LogP contribution >= 0.6 is 11.6 Å². The third-order valence-corrected chi connectivity index (χ3v) is 4.59. The summed E-state index contributed by atoms with van der Waals surface area (Å²) in [5.41, 5.74) is 4.17. The number of nitrogens with one attached hydrogen (secondary N) is 2. The number of halogens is 1. The molecule has 3 heterocycles. The quantitative estimate of drug-likeness (QED) is 0.770. The van der Waals surface area contributed by atoms with Crippen LogP contribution < -0.4 is 5.32 Å². The van der Waals surface area contributed by atoms with Crippen LogP contribution in [0.3, 0.4) is 0 Å². The summed E-state index contributed by atoms with van der Waals surface area (Å²) >= 11 is 6.26. The third-order valence-electron chi connectivity index (χ3n) is 4.23. The molecule has 0 fully saturated rings. The molecule has 0 spiro atoms. The predicted molar refractivity (Wildman–Crippen MR) is 90.6 cm³/mol. The second-order valence-corrected chi connectivity index (χ2v) is 6.06. The number of aromatic nitrogens is 4. The van der Waals surface area contributed by atoms with Crippen molar-refractivity contribution in [3.8, 4) is 0 Å². The largest absolute Gasteiger partial charge is 0.367 e. The summed E-state index contributed by atoms with van der Waals surface area (Å²) in [6.07, 6.45) is 4.17. The Balaban J connectivity index is 1.38. The van der Waals surface area contributed by atoms with Gasteiger partial charge in [-0.15, -0.1) is 0 Å². The Kier molecular flexibility index (Phi) is 3.85. The Morgan fingerprint density at radius 2 is 2.22 bits per heavy atom. The topological polar surface area (TPSA) is 69.7 Å². The smallest absolute Gasteiger partial charge is 0.182 e. The van der Waals surface area contributed by atoms with Crippen molar-refractivity contribution in [2.75, 3.05) is 25.0 Å². The van der Waals surface area contributed by atoms with Crippen molar-refractivity contribution in [3.05, 3.63) is 47.0 Å². The maximum atomic E-state index is 6.26. The van der Waals surface area contributed by atoms with E-state index in [-0.39, 0.29) is 0 Å². The summed E-state index contributed by atoms with van der Waals surface area (Å²) < 4.78 is 0. The minimum Gasteiger partial charge on any atom is -0.367 e. The van der Waals surface area contributed by atoms with E-state index < -0.39 is 0 Å². The molecule has 0 bridgehead atoms. The van der Waals surface area contributed by atoms with Gasteiger partial charge < -0.3 is 10.3 Å². The number of hydrogen-bond donors (Lipinski definition) is 2. The molecular weight excluding hydrogens is 312 g/mol. The highest BCUT2D eigenvalue weighted by Gasteiger charge is 2.17. The van der Waals surface area contributed by atoms with E-state index in [4.69, 9.17) is 11.6 Å². The second-order valence-electron chi connectivity index (χ2n) is 5.65. The molecule has 0 amide bonds. The molecule has 3 aromatic rings. The molecule has 6 nitrogen and oxygen atoms in total. The third kappa shape index (κ3) is 2.87. The zero-order valence-corrected chi connectivity index (χ0v) is 13.3. The second kappa shape index (κ2) is 6.14. The Labute approximate surface area is 138 Å². The summed E-state index contributed by atoms with van der Waals surface area (Å²) in [4.78, 5) is 18.0. The molecule has 0 saturated carbocycles. The van der Waals surface area contributed by atoms with Gasteiger partial charge in [-0.3, -0.25) is 4.90 Å². The van der Waals surface area contributed by atoms with E-state index in [0.717, 1.165) is 49.0 Å². The van der Waals surface area contributed by atoms with Crippen LogP contribution in [-0.4, -0.2) is 44.5 Å². The molecule has 1 aliphatic heterocycles. The van der Waals surface area contributed by atoms with Crippen molar-refractivity contribution in [3.63, 3.8) is 0 Å². The molecule has 0 aliphatic carbocycles. The van der Waals surface area contributed by atoms with Gasteiger partial charge in [0.05, 0.1) is 6.33 Å². The van der Waals surface area contributed by atoms with E-state index in [9.17, 15) is 0 Å². The highest BCUT2D eigenvalue weighted by Crippen LogP contribution is 2.25. The van der Waals surface area contributed by atoms with Crippen molar-refractivity contribution in [2.24, 2.45) is 0 Å². The van der Waals surface area contributed by atoms with Gasteiger partial charge in [0.2, 0.25) is 0 Å². The highest BCUT2D eigenvalue weighted by atomic mass is 35.5. The predicted octanol–water partition coefficient (Wildman–Crippen LogP) is 2.48. The fraction of sp³-hybridized carbons (Fsp3) is 0.312. The van der Waals surface area contributed by atoms with Crippen LogP contribution in [0.5, 0.6) is 0 Å². The average Bonchev–Trinajstić information content (AvgIpc) is 3.04. The molecule has 0 radical (unpaired) electrons. The van der Waals surface area contributed by atoms with Gasteiger partial charge in [-0.1, -0.05) is 23.7 Å². The Morgan fingerprint density at radius 3 is 3.17 bits per heavy atom. The number of H-pyrrole nitrogens is 1. The van der Waals surface area contributed by atoms with Gasteiger partial charge in [-0.25, -0.2) is 15.0 Å². The number of benzene rings is 1. The SMILES string of the molecule is Clc1cccc2c1CCN(CCNc1ncnc3nc[nH]c13)C2. The van der Waals surface area contributed by atoms with Gasteiger partial charge in [-0.2, -0.15) is 0 Å². The van der Waals surface area contributed by atoms with Gasteiger partial charge in [0.25, 0.3) is 0 Å². The van der Waals surface area contributed by atoms with Crippen molar-refractivity contribution in [2.45, 2.75) is 13.0 Å². The zero-order valence-electron chi connectivity index (χ0n) is 12.6. The fourth-order valence-corrected chi connectivity index (χ4v) is 3.33. The highest BCUT2D eigenvalue weighted by molar-refractivity contribution is 6.31. The van der Waals surface area contributed by atoms with Crippen molar-refractivity contribution >= 4 is 28.6 Å². The van der Waals surface area contributed by atoms with Crippen LogP contribution in [0.25, 0.3) is 11.2 Å². The van der Waals surface area contributed by atoms with Crippen molar-refractivity contribution < 1.29 is 0 Å². The monoisotopic (exact) mass is 328 g/mol. The molecule has 7 heteroatoms. The minimum atomic E-state index is 0.684. The molecule has 1 aromatic carbocycles. The van der Waals surface area contributed by atoms with Gasteiger partial charge in [-0.05, 0) is 23.6 Å². The zero-order chi connectivity index (χ0) is 15.6. The molecule has 0 unspecified atom stereocenters. The maximum Gasteiger partial charge on any atom is 0.182 e. The molecule has 4 rings (SSSR count). The molecule has 0 saturated heterocycles. The molecule has 23 heavy (non-hydrogen) atoms. The van der Waals surface area contributed by atoms with E-state index >= 15 is 0 Å².